The van der Waals surface area contributed by atoms with Crippen molar-refractivity contribution in [1.82, 2.24) is 10.3 Å². The highest BCUT2D eigenvalue weighted by molar-refractivity contribution is 7.20. The van der Waals surface area contributed by atoms with Gasteiger partial charge in [0, 0.05) is 11.4 Å². The Morgan fingerprint density at radius 3 is 3.00 bits per heavy atom. The number of amides is 1. The molecule has 1 N–H and O–H groups in total. The van der Waals surface area contributed by atoms with E-state index in [0.717, 1.165) is 28.4 Å². The van der Waals surface area contributed by atoms with Crippen LogP contribution in [0.25, 0.3) is 9.88 Å². The van der Waals surface area contributed by atoms with Crippen LogP contribution < -0.4 is 5.32 Å². The predicted molar refractivity (Wildman–Crippen MR) is 81.6 cm³/mol. The summed E-state index contributed by atoms with van der Waals surface area (Å²) < 4.78 is 0. The van der Waals surface area contributed by atoms with Crippen LogP contribution in [0.3, 0.4) is 0 Å². The number of nitrogens with zero attached hydrogens (tertiary/aromatic N) is 1. The maximum Gasteiger partial charge on any atom is 0.226 e. The SMILES string of the molecule is CCCC(C)NC(=O)Cc1csc(-c2cccs2)n1. The molecular weight excluding hydrogens is 276 g/mol. The summed E-state index contributed by atoms with van der Waals surface area (Å²) in [7, 11) is 0. The van der Waals surface area contributed by atoms with Crippen LogP contribution in [0.5, 0.6) is 0 Å². The number of hydrogen-bond acceptors (Lipinski definition) is 4. The average molecular weight is 294 g/mol. The van der Waals surface area contributed by atoms with E-state index in [1.165, 1.54) is 0 Å². The summed E-state index contributed by atoms with van der Waals surface area (Å²) in [5, 5.41) is 8.01. The number of hydrogen-bond donors (Lipinski definition) is 1. The molecule has 0 fully saturated rings. The number of carbonyl (C=O) groups excluding carboxylic acids is 1. The molecule has 0 aromatic carbocycles. The van der Waals surface area contributed by atoms with Gasteiger partial charge in [0.25, 0.3) is 0 Å². The Labute approximate surface area is 121 Å². The second kappa shape index (κ2) is 6.82. The topological polar surface area (TPSA) is 42.0 Å². The number of aromatic nitrogens is 1. The molecule has 0 bridgehead atoms. The van der Waals surface area contributed by atoms with Crippen molar-refractivity contribution >= 4 is 28.6 Å². The smallest absolute Gasteiger partial charge is 0.226 e. The summed E-state index contributed by atoms with van der Waals surface area (Å²) in [5.74, 6) is 0.0592. The van der Waals surface area contributed by atoms with Gasteiger partial charge in [-0.3, -0.25) is 4.79 Å². The first-order valence-electron chi connectivity index (χ1n) is 6.46. The van der Waals surface area contributed by atoms with Crippen molar-refractivity contribution in [3.05, 3.63) is 28.6 Å². The molecule has 0 aliphatic heterocycles. The molecule has 102 valence electrons. The van der Waals surface area contributed by atoms with Crippen molar-refractivity contribution in [2.75, 3.05) is 0 Å². The zero-order valence-corrected chi connectivity index (χ0v) is 12.8. The fraction of sp³-hybridized carbons (Fsp3) is 0.429. The molecular formula is C14H18N2OS2. The molecule has 0 aliphatic rings. The second-order valence-electron chi connectivity index (χ2n) is 4.56. The van der Waals surface area contributed by atoms with Crippen LogP contribution in [0, 0.1) is 0 Å². The number of rotatable bonds is 6. The minimum absolute atomic E-state index is 0.0592. The lowest BCUT2D eigenvalue weighted by Gasteiger charge is -2.11. The molecule has 19 heavy (non-hydrogen) atoms. The van der Waals surface area contributed by atoms with E-state index in [2.05, 4.69) is 23.3 Å². The molecule has 0 saturated heterocycles. The molecule has 3 nitrogen and oxygen atoms in total. The van der Waals surface area contributed by atoms with Gasteiger partial charge in [-0.15, -0.1) is 22.7 Å². The van der Waals surface area contributed by atoms with Crippen LogP contribution in [-0.4, -0.2) is 16.9 Å². The Bertz CT molecular complexity index is 519. The van der Waals surface area contributed by atoms with Gasteiger partial charge in [0.2, 0.25) is 5.91 Å². The molecule has 1 atom stereocenters. The van der Waals surface area contributed by atoms with E-state index in [4.69, 9.17) is 0 Å². The van der Waals surface area contributed by atoms with Gasteiger partial charge in [-0.2, -0.15) is 0 Å². The Hall–Kier alpha value is -1.20. The average Bonchev–Trinajstić information content (AvgIpc) is 2.98. The van der Waals surface area contributed by atoms with E-state index in [9.17, 15) is 4.79 Å². The molecule has 1 unspecified atom stereocenters. The maximum absolute atomic E-state index is 11.8. The van der Waals surface area contributed by atoms with Gasteiger partial charge in [-0.05, 0) is 24.8 Å². The molecule has 2 aromatic heterocycles. The molecule has 0 saturated carbocycles. The summed E-state index contributed by atoms with van der Waals surface area (Å²) in [5.41, 5.74) is 0.856. The van der Waals surface area contributed by atoms with Gasteiger partial charge in [0.15, 0.2) is 0 Å². The van der Waals surface area contributed by atoms with Crippen molar-refractivity contribution in [1.29, 1.82) is 0 Å². The quantitative estimate of drug-likeness (QED) is 0.882. The molecule has 5 heteroatoms. The highest BCUT2D eigenvalue weighted by Gasteiger charge is 2.11. The lowest BCUT2D eigenvalue weighted by molar-refractivity contribution is -0.121. The minimum atomic E-state index is 0.0592. The van der Waals surface area contributed by atoms with Crippen LogP contribution in [0.1, 0.15) is 32.4 Å². The summed E-state index contributed by atoms with van der Waals surface area (Å²) in [6.45, 7) is 4.16. The van der Waals surface area contributed by atoms with Gasteiger partial charge in [0.05, 0.1) is 17.0 Å². The summed E-state index contributed by atoms with van der Waals surface area (Å²) >= 11 is 3.27. The first-order chi connectivity index (χ1) is 9.19. The first kappa shape index (κ1) is 14.2. The zero-order chi connectivity index (χ0) is 13.7. The third-order valence-corrected chi connectivity index (χ3v) is 4.68. The fourth-order valence-corrected chi connectivity index (χ4v) is 3.53. The maximum atomic E-state index is 11.8. The van der Waals surface area contributed by atoms with Crippen LogP contribution >= 0.6 is 22.7 Å². The minimum Gasteiger partial charge on any atom is -0.353 e. The summed E-state index contributed by atoms with van der Waals surface area (Å²) in [4.78, 5) is 17.5. The molecule has 0 spiro atoms. The number of thiazole rings is 1. The Morgan fingerprint density at radius 1 is 1.47 bits per heavy atom. The van der Waals surface area contributed by atoms with Crippen molar-refractivity contribution < 1.29 is 4.79 Å². The van der Waals surface area contributed by atoms with Crippen molar-refractivity contribution in [3.8, 4) is 9.88 Å². The lowest BCUT2D eigenvalue weighted by Crippen LogP contribution is -2.33. The van der Waals surface area contributed by atoms with Gasteiger partial charge in [-0.1, -0.05) is 19.4 Å². The normalized spacial score (nSPS) is 12.3. The Morgan fingerprint density at radius 2 is 2.32 bits per heavy atom. The van der Waals surface area contributed by atoms with Crippen molar-refractivity contribution in [2.24, 2.45) is 0 Å². The van der Waals surface area contributed by atoms with Gasteiger partial charge in [-0.25, -0.2) is 4.98 Å². The second-order valence-corrected chi connectivity index (χ2v) is 6.36. The molecule has 2 rings (SSSR count). The standard InChI is InChI=1S/C14H18N2OS2/c1-3-5-10(2)15-13(17)8-11-9-19-14(16-11)12-6-4-7-18-12/h4,6-7,9-10H,3,5,8H2,1-2H3,(H,15,17). The van der Waals surface area contributed by atoms with Crippen LogP contribution in [0.15, 0.2) is 22.9 Å². The zero-order valence-electron chi connectivity index (χ0n) is 11.2. The largest absolute Gasteiger partial charge is 0.353 e. The van der Waals surface area contributed by atoms with Crippen LogP contribution in [0.4, 0.5) is 0 Å². The van der Waals surface area contributed by atoms with Crippen molar-refractivity contribution in [2.45, 2.75) is 39.2 Å². The third kappa shape index (κ3) is 4.14. The van der Waals surface area contributed by atoms with Gasteiger partial charge >= 0.3 is 0 Å². The van der Waals surface area contributed by atoms with Crippen LogP contribution in [0.2, 0.25) is 0 Å². The third-order valence-electron chi connectivity index (χ3n) is 2.75. The fourth-order valence-electron chi connectivity index (χ4n) is 1.90. The highest BCUT2D eigenvalue weighted by atomic mass is 32.1. The summed E-state index contributed by atoms with van der Waals surface area (Å²) in [6.07, 6.45) is 2.47. The Balaban J connectivity index is 1.91. The van der Waals surface area contributed by atoms with E-state index >= 15 is 0 Å². The highest BCUT2D eigenvalue weighted by Crippen LogP contribution is 2.27. The van der Waals surface area contributed by atoms with E-state index < -0.39 is 0 Å². The van der Waals surface area contributed by atoms with Crippen molar-refractivity contribution in [3.63, 3.8) is 0 Å². The monoisotopic (exact) mass is 294 g/mol. The van der Waals surface area contributed by atoms with E-state index in [1.54, 1.807) is 22.7 Å². The van der Waals surface area contributed by atoms with E-state index in [0.29, 0.717) is 6.42 Å². The van der Waals surface area contributed by atoms with E-state index in [-0.39, 0.29) is 11.9 Å². The van der Waals surface area contributed by atoms with Gasteiger partial charge in [0.1, 0.15) is 5.01 Å². The number of carbonyl (C=O) groups is 1. The molecule has 1 amide bonds. The first-order valence-corrected chi connectivity index (χ1v) is 8.22. The summed E-state index contributed by atoms with van der Waals surface area (Å²) in [6, 6.07) is 4.31. The molecule has 2 aromatic rings. The number of nitrogens with one attached hydrogen (secondary N) is 1. The Kier molecular flexibility index (Phi) is 5.10. The van der Waals surface area contributed by atoms with E-state index in [1.807, 2.05) is 23.8 Å². The molecule has 0 aliphatic carbocycles. The molecule has 2 heterocycles. The van der Waals surface area contributed by atoms with Gasteiger partial charge < -0.3 is 5.32 Å². The predicted octanol–water partition coefficient (Wildman–Crippen LogP) is 3.72. The lowest BCUT2D eigenvalue weighted by atomic mass is 10.2. The number of thiophene rings is 1. The van der Waals surface area contributed by atoms with Crippen LogP contribution in [-0.2, 0) is 11.2 Å². The molecule has 0 radical (unpaired) electrons.